The first-order valence-corrected chi connectivity index (χ1v) is 7.55. The van der Waals surface area contributed by atoms with Gasteiger partial charge in [0.05, 0.1) is 0 Å². The Morgan fingerprint density at radius 3 is 2.29 bits per heavy atom. The number of nitrogens with one attached hydrogen (secondary N) is 1. The van der Waals surface area contributed by atoms with Gasteiger partial charge in [-0.05, 0) is 55.4 Å². The summed E-state index contributed by atoms with van der Waals surface area (Å²) in [4.78, 5) is 2.10. The average Bonchev–Trinajstić information content (AvgIpc) is 2.49. The molecule has 0 aliphatic carbocycles. The Morgan fingerprint density at radius 2 is 1.71 bits per heavy atom. The zero-order valence-corrected chi connectivity index (χ0v) is 13.1. The fraction of sp³-hybridized carbons (Fsp3) is 0.294. The molecule has 1 N–H and O–H groups in total. The van der Waals surface area contributed by atoms with E-state index in [-0.39, 0.29) is 5.82 Å². The standard InChI is InChI=1S/C17H20ClFN2/c1-3-20-12-13-5-8-16(11-17(13)18)21(4-2)15-9-6-14(19)7-10-15/h5-11,20H,3-4,12H2,1-2H3. The zero-order chi connectivity index (χ0) is 15.2. The monoisotopic (exact) mass is 306 g/mol. The lowest BCUT2D eigenvalue weighted by atomic mass is 10.1. The van der Waals surface area contributed by atoms with Crippen molar-refractivity contribution >= 4 is 23.0 Å². The van der Waals surface area contributed by atoms with E-state index in [0.29, 0.717) is 0 Å². The van der Waals surface area contributed by atoms with Crippen molar-refractivity contribution in [1.29, 1.82) is 0 Å². The van der Waals surface area contributed by atoms with Gasteiger partial charge in [-0.15, -0.1) is 0 Å². The first-order valence-electron chi connectivity index (χ1n) is 7.18. The third-order valence-electron chi connectivity index (χ3n) is 3.37. The van der Waals surface area contributed by atoms with E-state index >= 15 is 0 Å². The molecule has 0 unspecified atom stereocenters. The molecule has 0 heterocycles. The van der Waals surface area contributed by atoms with Gasteiger partial charge in [-0.1, -0.05) is 24.6 Å². The van der Waals surface area contributed by atoms with E-state index < -0.39 is 0 Å². The van der Waals surface area contributed by atoms with Crippen molar-refractivity contribution in [3.05, 3.63) is 58.9 Å². The van der Waals surface area contributed by atoms with E-state index in [1.165, 1.54) is 12.1 Å². The molecule has 0 saturated carbocycles. The highest BCUT2D eigenvalue weighted by atomic mass is 35.5. The molecule has 0 saturated heterocycles. The smallest absolute Gasteiger partial charge is 0.123 e. The molecule has 0 atom stereocenters. The lowest BCUT2D eigenvalue weighted by Gasteiger charge is -2.24. The molecular formula is C17H20ClFN2. The molecule has 0 aromatic heterocycles. The summed E-state index contributed by atoms with van der Waals surface area (Å²) in [6.07, 6.45) is 0. The highest BCUT2D eigenvalue weighted by Crippen LogP contribution is 2.29. The molecule has 2 aromatic carbocycles. The van der Waals surface area contributed by atoms with Crippen LogP contribution in [0.5, 0.6) is 0 Å². The van der Waals surface area contributed by atoms with E-state index in [1.54, 1.807) is 12.1 Å². The van der Waals surface area contributed by atoms with Crippen LogP contribution in [-0.2, 0) is 6.54 Å². The van der Waals surface area contributed by atoms with E-state index in [9.17, 15) is 4.39 Å². The van der Waals surface area contributed by atoms with E-state index in [2.05, 4.69) is 24.1 Å². The van der Waals surface area contributed by atoms with Crippen LogP contribution in [0.3, 0.4) is 0 Å². The lowest BCUT2D eigenvalue weighted by molar-refractivity contribution is 0.628. The predicted octanol–water partition coefficient (Wildman–Crippen LogP) is 4.75. The molecule has 112 valence electrons. The molecule has 0 radical (unpaired) electrons. The van der Waals surface area contributed by atoms with Gasteiger partial charge in [-0.2, -0.15) is 0 Å². The third-order valence-corrected chi connectivity index (χ3v) is 3.72. The Bertz CT molecular complexity index is 584. The van der Waals surface area contributed by atoms with Crippen molar-refractivity contribution in [3.8, 4) is 0 Å². The largest absolute Gasteiger partial charge is 0.342 e. The number of nitrogens with zero attached hydrogens (tertiary/aromatic N) is 1. The highest BCUT2D eigenvalue weighted by molar-refractivity contribution is 6.31. The van der Waals surface area contributed by atoms with Crippen LogP contribution in [0.4, 0.5) is 15.8 Å². The van der Waals surface area contributed by atoms with Gasteiger partial charge in [0.1, 0.15) is 5.82 Å². The molecule has 0 spiro atoms. The Hall–Kier alpha value is -1.58. The van der Waals surface area contributed by atoms with Crippen molar-refractivity contribution in [3.63, 3.8) is 0 Å². The summed E-state index contributed by atoms with van der Waals surface area (Å²) < 4.78 is 13.0. The molecule has 4 heteroatoms. The number of halogens is 2. The highest BCUT2D eigenvalue weighted by Gasteiger charge is 2.09. The molecule has 0 fully saturated rings. The molecule has 2 nitrogen and oxygen atoms in total. The Morgan fingerprint density at radius 1 is 1.05 bits per heavy atom. The van der Waals surface area contributed by atoms with E-state index in [0.717, 1.165) is 41.6 Å². The molecule has 21 heavy (non-hydrogen) atoms. The molecule has 2 aromatic rings. The second kappa shape index (κ2) is 7.43. The van der Waals surface area contributed by atoms with Gasteiger partial charge in [-0.3, -0.25) is 0 Å². The van der Waals surface area contributed by atoms with Crippen LogP contribution < -0.4 is 10.2 Å². The van der Waals surface area contributed by atoms with Crippen LogP contribution in [0, 0.1) is 5.82 Å². The number of benzene rings is 2. The van der Waals surface area contributed by atoms with Gasteiger partial charge in [0.15, 0.2) is 0 Å². The van der Waals surface area contributed by atoms with E-state index in [4.69, 9.17) is 11.6 Å². The van der Waals surface area contributed by atoms with Crippen molar-refractivity contribution in [1.82, 2.24) is 5.32 Å². The summed E-state index contributed by atoms with van der Waals surface area (Å²) in [7, 11) is 0. The molecule has 0 aliphatic heterocycles. The summed E-state index contributed by atoms with van der Waals surface area (Å²) in [5.74, 6) is -0.228. The Kier molecular flexibility index (Phi) is 5.59. The maximum Gasteiger partial charge on any atom is 0.123 e. The summed E-state index contributed by atoms with van der Waals surface area (Å²) >= 11 is 6.35. The summed E-state index contributed by atoms with van der Waals surface area (Å²) in [6.45, 7) is 6.58. The van der Waals surface area contributed by atoms with E-state index in [1.807, 2.05) is 18.2 Å². The molecule has 0 bridgehead atoms. The summed E-state index contributed by atoms with van der Waals surface area (Å²) in [5.41, 5.74) is 3.04. The van der Waals surface area contributed by atoms with Gasteiger partial charge < -0.3 is 10.2 Å². The number of rotatable bonds is 6. The molecular weight excluding hydrogens is 287 g/mol. The average molecular weight is 307 g/mol. The van der Waals surface area contributed by atoms with Gasteiger partial charge in [0.2, 0.25) is 0 Å². The lowest BCUT2D eigenvalue weighted by Crippen LogP contribution is -2.16. The minimum absolute atomic E-state index is 0.228. The fourth-order valence-corrected chi connectivity index (χ4v) is 2.48. The van der Waals surface area contributed by atoms with Crippen LogP contribution in [0.15, 0.2) is 42.5 Å². The van der Waals surface area contributed by atoms with Crippen molar-refractivity contribution in [2.24, 2.45) is 0 Å². The molecule has 2 rings (SSSR count). The molecule has 0 aliphatic rings. The SMILES string of the molecule is CCNCc1ccc(N(CC)c2ccc(F)cc2)cc1Cl. The third kappa shape index (κ3) is 3.96. The van der Waals surface area contributed by atoms with Gasteiger partial charge in [0, 0.05) is 29.5 Å². The van der Waals surface area contributed by atoms with Gasteiger partial charge >= 0.3 is 0 Å². The number of hydrogen-bond acceptors (Lipinski definition) is 2. The second-order valence-corrected chi connectivity index (χ2v) is 5.18. The van der Waals surface area contributed by atoms with Crippen molar-refractivity contribution in [2.45, 2.75) is 20.4 Å². The summed E-state index contributed by atoms with van der Waals surface area (Å²) in [6, 6.07) is 12.5. The maximum absolute atomic E-state index is 13.0. The predicted molar refractivity (Wildman–Crippen MR) is 87.9 cm³/mol. The van der Waals surface area contributed by atoms with Crippen LogP contribution in [0.2, 0.25) is 5.02 Å². The van der Waals surface area contributed by atoms with Crippen LogP contribution in [0.25, 0.3) is 0 Å². The van der Waals surface area contributed by atoms with Crippen LogP contribution in [-0.4, -0.2) is 13.1 Å². The quantitative estimate of drug-likeness (QED) is 0.828. The van der Waals surface area contributed by atoms with Crippen LogP contribution >= 0.6 is 11.6 Å². The second-order valence-electron chi connectivity index (χ2n) is 4.78. The number of hydrogen-bond donors (Lipinski definition) is 1. The first kappa shape index (κ1) is 15.8. The zero-order valence-electron chi connectivity index (χ0n) is 12.4. The fourth-order valence-electron chi connectivity index (χ4n) is 2.24. The van der Waals surface area contributed by atoms with Crippen LogP contribution in [0.1, 0.15) is 19.4 Å². The minimum atomic E-state index is -0.228. The number of anilines is 2. The molecule has 0 amide bonds. The van der Waals surface area contributed by atoms with Gasteiger partial charge in [-0.25, -0.2) is 4.39 Å². The first-order chi connectivity index (χ1) is 10.2. The summed E-state index contributed by atoms with van der Waals surface area (Å²) in [5, 5.41) is 4.01. The maximum atomic E-state index is 13.0. The minimum Gasteiger partial charge on any atom is -0.342 e. The Labute approximate surface area is 130 Å². The van der Waals surface area contributed by atoms with Gasteiger partial charge in [0.25, 0.3) is 0 Å². The van der Waals surface area contributed by atoms with Crippen molar-refractivity contribution in [2.75, 3.05) is 18.0 Å². The van der Waals surface area contributed by atoms with Crippen molar-refractivity contribution < 1.29 is 4.39 Å². The topological polar surface area (TPSA) is 15.3 Å². The normalized spacial score (nSPS) is 10.7. The Balaban J connectivity index is 2.26.